The third-order valence-corrected chi connectivity index (χ3v) is 1.68. The minimum atomic E-state index is -0.444. The van der Waals surface area contributed by atoms with E-state index in [-0.39, 0.29) is 6.54 Å². The van der Waals surface area contributed by atoms with Gasteiger partial charge in [0, 0.05) is 0 Å². The normalized spacial score (nSPS) is 10.3. The third-order valence-electron chi connectivity index (χ3n) is 1.68. The smallest absolute Gasteiger partial charge is 0.236 e. The van der Waals surface area contributed by atoms with Crippen molar-refractivity contribution in [2.24, 2.45) is 5.73 Å². The van der Waals surface area contributed by atoms with Crippen molar-refractivity contribution in [3.63, 3.8) is 0 Å². The molecule has 0 fully saturated rings. The van der Waals surface area contributed by atoms with Crippen LogP contribution in [0, 0.1) is 0 Å². The largest absolute Gasteiger partial charge is 0.368 e. The van der Waals surface area contributed by atoms with Crippen molar-refractivity contribution in [2.75, 3.05) is 11.9 Å². The number of aromatic amines is 1. The second-order valence-corrected chi connectivity index (χ2v) is 2.67. The number of rotatable bonds is 3. The van der Waals surface area contributed by atoms with Crippen LogP contribution in [0.5, 0.6) is 0 Å². The number of fused-ring (bicyclic) bond motifs is 1. The number of hydrogen-bond donors (Lipinski definition) is 3. The van der Waals surface area contributed by atoms with Crippen molar-refractivity contribution < 1.29 is 4.79 Å². The minimum Gasteiger partial charge on any atom is -0.368 e. The van der Waals surface area contributed by atoms with E-state index < -0.39 is 5.91 Å². The molecule has 2 rings (SSSR count). The molecule has 2 aromatic heterocycles. The zero-order valence-corrected chi connectivity index (χ0v) is 7.19. The highest BCUT2D eigenvalue weighted by atomic mass is 16.1. The molecule has 0 saturated carbocycles. The highest BCUT2D eigenvalue weighted by Gasteiger charge is 2.04. The van der Waals surface area contributed by atoms with Crippen LogP contribution in [0.2, 0.25) is 0 Å². The Labute approximate surface area is 78.7 Å². The predicted octanol–water partition coefficient (Wildman–Crippen LogP) is -0.750. The van der Waals surface area contributed by atoms with E-state index in [2.05, 4.69) is 25.5 Å². The maximum absolute atomic E-state index is 10.5. The molecule has 0 spiro atoms. The van der Waals surface area contributed by atoms with Gasteiger partial charge in [-0.05, 0) is 0 Å². The highest BCUT2D eigenvalue weighted by molar-refractivity contribution is 5.87. The van der Waals surface area contributed by atoms with Crippen LogP contribution in [0.3, 0.4) is 0 Å². The number of nitrogens with zero attached hydrogens (tertiary/aromatic N) is 3. The minimum absolute atomic E-state index is 0.0390. The molecule has 0 aromatic carbocycles. The van der Waals surface area contributed by atoms with Gasteiger partial charge in [-0.2, -0.15) is 5.10 Å². The summed E-state index contributed by atoms with van der Waals surface area (Å²) in [7, 11) is 0. The summed E-state index contributed by atoms with van der Waals surface area (Å²) in [4.78, 5) is 18.4. The molecule has 1 amide bonds. The number of primary amides is 1. The fraction of sp³-hybridized carbons (Fsp3) is 0.143. The summed E-state index contributed by atoms with van der Waals surface area (Å²) < 4.78 is 0. The number of carbonyl (C=O) groups is 1. The Morgan fingerprint density at radius 3 is 3.21 bits per heavy atom. The zero-order valence-electron chi connectivity index (χ0n) is 7.19. The first-order valence-corrected chi connectivity index (χ1v) is 3.93. The van der Waals surface area contributed by atoms with Gasteiger partial charge in [-0.3, -0.25) is 9.89 Å². The van der Waals surface area contributed by atoms with Gasteiger partial charge in [-0.15, -0.1) is 0 Å². The van der Waals surface area contributed by atoms with E-state index in [1.807, 2.05) is 0 Å². The van der Waals surface area contributed by atoms with Gasteiger partial charge in [0.1, 0.15) is 12.1 Å². The molecule has 0 radical (unpaired) electrons. The van der Waals surface area contributed by atoms with Crippen molar-refractivity contribution >= 4 is 22.8 Å². The highest BCUT2D eigenvalue weighted by Crippen LogP contribution is 2.15. The average molecular weight is 192 g/mol. The Bertz CT molecular complexity index is 464. The van der Waals surface area contributed by atoms with Crippen LogP contribution in [0.25, 0.3) is 11.0 Å². The third kappa shape index (κ3) is 1.47. The van der Waals surface area contributed by atoms with Crippen LogP contribution in [0.15, 0.2) is 12.5 Å². The van der Waals surface area contributed by atoms with E-state index in [0.29, 0.717) is 11.5 Å². The van der Waals surface area contributed by atoms with Gasteiger partial charge >= 0.3 is 0 Å². The monoisotopic (exact) mass is 192 g/mol. The second-order valence-electron chi connectivity index (χ2n) is 2.67. The van der Waals surface area contributed by atoms with Crippen molar-refractivity contribution in [3.05, 3.63) is 12.5 Å². The summed E-state index contributed by atoms with van der Waals surface area (Å²) in [6.07, 6.45) is 2.96. The summed E-state index contributed by atoms with van der Waals surface area (Å²) in [6, 6.07) is 0. The van der Waals surface area contributed by atoms with Crippen molar-refractivity contribution in [2.45, 2.75) is 0 Å². The maximum atomic E-state index is 10.5. The summed E-state index contributed by atoms with van der Waals surface area (Å²) in [6.45, 7) is 0.0390. The summed E-state index contributed by atoms with van der Waals surface area (Å²) in [5.41, 5.74) is 5.61. The molecule has 0 bridgehead atoms. The molecule has 0 aliphatic heterocycles. The van der Waals surface area contributed by atoms with E-state index in [1.165, 1.54) is 6.33 Å². The predicted molar refractivity (Wildman–Crippen MR) is 49.4 cm³/mol. The first kappa shape index (κ1) is 8.42. The SMILES string of the molecule is NC(=O)CNc1ncnc2[nH]ncc12. The van der Waals surface area contributed by atoms with Crippen LogP contribution in [0.1, 0.15) is 0 Å². The number of aromatic nitrogens is 4. The Morgan fingerprint density at radius 1 is 1.57 bits per heavy atom. The van der Waals surface area contributed by atoms with Crippen LogP contribution in [0.4, 0.5) is 5.82 Å². The van der Waals surface area contributed by atoms with Gasteiger partial charge in [0.05, 0.1) is 18.1 Å². The fourth-order valence-corrected chi connectivity index (χ4v) is 1.08. The molecule has 2 aromatic rings. The number of hydrogen-bond acceptors (Lipinski definition) is 5. The lowest BCUT2D eigenvalue weighted by molar-refractivity contribution is -0.116. The number of amides is 1. The molecule has 0 aliphatic rings. The first-order chi connectivity index (χ1) is 6.77. The van der Waals surface area contributed by atoms with Gasteiger partial charge in [0.2, 0.25) is 5.91 Å². The summed E-state index contributed by atoms with van der Waals surface area (Å²) in [5, 5.41) is 10.0. The van der Waals surface area contributed by atoms with Gasteiger partial charge in [-0.1, -0.05) is 0 Å². The maximum Gasteiger partial charge on any atom is 0.236 e. The summed E-state index contributed by atoms with van der Waals surface area (Å²) >= 11 is 0. The van der Waals surface area contributed by atoms with Gasteiger partial charge < -0.3 is 11.1 Å². The van der Waals surface area contributed by atoms with E-state index in [4.69, 9.17) is 5.73 Å². The average Bonchev–Trinajstić information content (AvgIpc) is 2.62. The lowest BCUT2D eigenvalue weighted by Gasteiger charge is -2.02. The topological polar surface area (TPSA) is 110 Å². The van der Waals surface area contributed by atoms with Crippen molar-refractivity contribution in [1.82, 2.24) is 20.2 Å². The van der Waals surface area contributed by atoms with E-state index >= 15 is 0 Å². The molecule has 0 aliphatic carbocycles. The number of nitrogens with one attached hydrogen (secondary N) is 2. The second kappa shape index (κ2) is 3.29. The van der Waals surface area contributed by atoms with Gasteiger partial charge in [0.15, 0.2) is 5.65 Å². The Hall–Kier alpha value is -2.18. The first-order valence-electron chi connectivity index (χ1n) is 3.93. The molecule has 0 saturated heterocycles. The molecule has 72 valence electrons. The van der Waals surface area contributed by atoms with Crippen LogP contribution >= 0.6 is 0 Å². The Balaban J connectivity index is 2.32. The van der Waals surface area contributed by atoms with E-state index in [1.54, 1.807) is 6.20 Å². The van der Waals surface area contributed by atoms with Crippen molar-refractivity contribution in [1.29, 1.82) is 0 Å². The summed E-state index contributed by atoms with van der Waals surface area (Å²) in [5.74, 6) is 0.0998. The van der Waals surface area contributed by atoms with Gasteiger partial charge in [-0.25, -0.2) is 9.97 Å². The van der Waals surface area contributed by atoms with Crippen LogP contribution < -0.4 is 11.1 Å². The van der Waals surface area contributed by atoms with Crippen LogP contribution in [-0.2, 0) is 4.79 Å². The van der Waals surface area contributed by atoms with Crippen LogP contribution in [-0.4, -0.2) is 32.6 Å². The van der Waals surface area contributed by atoms with E-state index in [9.17, 15) is 4.79 Å². The quantitative estimate of drug-likeness (QED) is 0.592. The molecule has 7 heteroatoms. The lowest BCUT2D eigenvalue weighted by Crippen LogP contribution is -2.22. The number of nitrogens with two attached hydrogens (primary N) is 1. The molecular weight excluding hydrogens is 184 g/mol. The Morgan fingerprint density at radius 2 is 2.43 bits per heavy atom. The van der Waals surface area contributed by atoms with E-state index in [0.717, 1.165) is 5.39 Å². The molecule has 4 N–H and O–H groups in total. The molecule has 0 unspecified atom stereocenters. The number of carbonyl (C=O) groups excluding carboxylic acids is 1. The fourth-order valence-electron chi connectivity index (χ4n) is 1.08. The molecule has 2 heterocycles. The van der Waals surface area contributed by atoms with Crippen molar-refractivity contribution in [3.8, 4) is 0 Å². The molecule has 14 heavy (non-hydrogen) atoms. The number of H-pyrrole nitrogens is 1. The molecule has 0 atom stereocenters. The standard InChI is InChI=1S/C7H8N6O/c8-5(14)2-9-6-4-1-12-13-7(4)11-3-10-6/h1,3H,2H2,(H2,8,14)(H2,9,10,11,12,13). The zero-order chi connectivity index (χ0) is 9.97. The Kier molecular flexibility index (Phi) is 1.98. The molecule has 7 nitrogen and oxygen atoms in total. The number of anilines is 1. The molecular formula is C7H8N6O. The lowest BCUT2D eigenvalue weighted by atomic mass is 10.4. The van der Waals surface area contributed by atoms with Gasteiger partial charge in [0.25, 0.3) is 0 Å².